The Bertz CT molecular complexity index is 307. The third-order valence-electron chi connectivity index (χ3n) is 1.78. The molecule has 4 nitrogen and oxygen atoms in total. The highest BCUT2D eigenvalue weighted by molar-refractivity contribution is 9.10. The topological polar surface area (TPSA) is 65.4 Å². The minimum Gasteiger partial charge on any atom is -0.394 e. The Balaban J connectivity index is 2.55. The van der Waals surface area contributed by atoms with E-state index in [1.807, 2.05) is 13.0 Å². The highest BCUT2D eigenvalue weighted by Crippen LogP contribution is 2.16. The summed E-state index contributed by atoms with van der Waals surface area (Å²) in [6.45, 7) is 2.01. The van der Waals surface area contributed by atoms with Gasteiger partial charge in [-0.3, -0.25) is 0 Å². The molecule has 0 bridgehead atoms. The number of hydrogen-bond acceptors (Lipinski definition) is 4. The summed E-state index contributed by atoms with van der Waals surface area (Å²) in [4.78, 5) is 4.09. The van der Waals surface area contributed by atoms with E-state index in [0.717, 1.165) is 10.0 Å². The van der Waals surface area contributed by atoms with Gasteiger partial charge in [-0.05, 0) is 34.5 Å². The summed E-state index contributed by atoms with van der Waals surface area (Å²) in [6.07, 6.45) is 0.948. The SMILES string of the molecule is Cc1cc(NCC(O)CO)ncc1Br. The molecule has 3 N–H and O–H groups in total. The molecule has 0 aliphatic rings. The van der Waals surface area contributed by atoms with E-state index in [2.05, 4.69) is 26.2 Å². The Hall–Kier alpha value is -0.650. The second-order valence-electron chi connectivity index (χ2n) is 3.04. The summed E-state index contributed by atoms with van der Waals surface area (Å²) < 4.78 is 0.950. The van der Waals surface area contributed by atoms with Crippen molar-refractivity contribution in [2.45, 2.75) is 13.0 Å². The highest BCUT2D eigenvalue weighted by Gasteiger charge is 2.02. The molecule has 1 aromatic heterocycles. The molecule has 0 saturated heterocycles. The van der Waals surface area contributed by atoms with E-state index in [1.54, 1.807) is 6.20 Å². The summed E-state index contributed by atoms with van der Waals surface area (Å²) in [7, 11) is 0. The van der Waals surface area contributed by atoms with Crippen LogP contribution in [-0.2, 0) is 0 Å². The monoisotopic (exact) mass is 260 g/mol. The summed E-state index contributed by atoms with van der Waals surface area (Å²) in [5.41, 5.74) is 1.07. The lowest BCUT2D eigenvalue weighted by molar-refractivity contribution is 0.105. The first-order chi connectivity index (χ1) is 6.63. The van der Waals surface area contributed by atoms with Crippen molar-refractivity contribution in [1.29, 1.82) is 0 Å². The van der Waals surface area contributed by atoms with Gasteiger partial charge in [-0.25, -0.2) is 4.98 Å². The van der Waals surface area contributed by atoms with E-state index in [1.165, 1.54) is 0 Å². The Morgan fingerprint density at radius 1 is 1.64 bits per heavy atom. The van der Waals surface area contributed by atoms with Gasteiger partial charge in [0.15, 0.2) is 0 Å². The molecule has 5 heteroatoms. The number of aliphatic hydroxyl groups is 2. The predicted octanol–water partition coefficient (Wildman–Crippen LogP) is 0.918. The molecule has 0 aromatic carbocycles. The summed E-state index contributed by atoms with van der Waals surface area (Å²) in [5, 5.41) is 20.6. The van der Waals surface area contributed by atoms with Crippen LogP contribution in [0.1, 0.15) is 5.56 Å². The van der Waals surface area contributed by atoms with Crippen molar-refractivity contribution < 1.29 is 10.2 Å². The molecule has 1 unspecified atom stereocenters. The van der Waals surface area contributed by atoms with Crippen LogP contribution in [0, 0.1) is 6.92 Å². The second-order valence-corrected chi connectivity index (χ2v) is 3.89. The smallest absolute Gasteiger partial charge is 0.126 e. The molecule has 1 heterocycles. The van der Waals surface area contributed by atoms with Gasteiger partial charge >= 0.3 is 0 Å². The molecule has 0 spiro atoms. The lowest BCUT2D eigenvalue weighted by Crippen LogP contribution is -2.23. The lowest BCUT2D eigenvalue weighted by Gasteiger charge is -2.10. The van der Waals surface area contributed by atoms with Crippen molar-refractivity contribution in [1.82, 2.24) is 4.98 Å². The average Bonchev–Trinajstić information content (AvgIpc) is 2.19. The summed E-state index contributed by atoms with van der Waals surface area (Å²) in [5.74, 6) is 0.693. The van der Waals surface area contributed by atoms with E-state index in [9.17, 15) is 0 Å². The fourth-order valence-electron chi connectivity index (χ4n) is 0.923. The van der Waals surface area contributed by atoms with Gasteiger partial charge in [0.1, 0.15) is 5.82 Å². The van der Waals surface area contributed by atoms with Crippen molar-refractivity contribution in [3.63, 3.8) is 0 Å². The number of anilines is 1. The van der Waals surface area contributed by atoms with Crippen molar-refractivity contribution in [3.8, 4) is 0 Å². The fraction of sp³-hybridized carbons (Fsp3) is 0.444. The third kappa shape index (κ3) is 3.25. The van der Waals surface area contributed by atoms with Gasteiger partial charge in [0, 0.05) is 17.2 Å². The maximum atomic E-state index is 9.09. The molecule has 78 valence electrons. The van der Waals surface area contributed by atoms with Crippen LogP contribution in [0.15, 0.2) is 16.7 Å². The predicted molar refractivity (Wildman–Crippen MR) is 58.3 cm³/mol. The zero-order valence-corrected chi connectivity index (χ0v) is 9.45. The molecule has 0 saturated carbocycles. The molecule has 14 heavy (non-hydrogen) atoms. The van der Waals surface area contributed by atoms with Gasteiger partial charge < -0.3 is 15.5 Å². The number of hydrogen-bond donors (Lipinski definition) is 3. The largest absolute Gasteiger partial charge is 0.394 e. The van der Waals surface area contributed by atoms with Gasteiger partial charge in [-0.2, -0.15) is 0 Å². The normalized spacial score (nSPS) is 12.6. The number of nitrogens with zero attached hydrogens (tertiary/aromatic N) is 1. The Labute approximate surface area is 91.1 Å². The first-order valence-electron chi connectivity index (χ1n) is 4.28. The first-order valence-corrected chi connectivity index (χ1v) is 5.07. The van der Waals surface area contributed by atoms with Crippen molar-refractivity contribution in [2.75, 3.05) is 18.5 Å². The first kappa shape index (κ1) is 11.4. The molecular formula is C9H13BrN2O2. The lowest BCUT2D eigenvalue weighted by atomic mass is 10.3. The average molecular weight is 261 g/mol. The van der Waals surface area contributed by atoms with Gasteiger partial charge in [0.2, 0.25) is 0 Å². The van der Waals surface area contributed by atoms with Crippen molar-refractivity contribution in [2.24, 2.45) is 0 Å². The Morgan fingerprint density at radius 2 is 2.36 bits per heavy atom. The van der Waals surface area contributed by atoms with E-state index in [0.29, 0.717) is 12.4 Å². The van der Waals surface area contributed by atoms with Crippen molar-refractivity contribution in [3.05, 3.63) is 22.3 Å². The zero-order valence-electron chi connectivity index (χ0n) is 7.87. The van der Waals surface area contributed by atoms with Crippen LogP contribution in [0.25, 0.3) is 0 Å². The quantitative estimate of drug-likeness (QED) is 0.754. The van der Waals surface area contributed by atoms with Crippen LogP contribution in [0.4, 0.5) is 5.82 Å². The van der Waals surface area contributed by atoms with Crippen LogP contribution in [0.3, 0.4) is 0 Å². The number of aromatic nitrogens is 1. The molecule has 0 amide bonds. The minimum atomic E-state index is -0.749. The van der Waals surface area contributed by atoms with Crippen LogP contribution in [0.2, 0.25) is 0 Å². The molecule has 1 rings (SSSR count). The number of rotatable bonds is 4. The Morgan fingerprint density at radius 3 is 2.93 bits per heavy atom. The standard InChI is InChI=1S/C9H13BrN2O2/c1-6-2-9(12-4-8(6)10)11-3-7(14)5-13/h2,4,7,13-14H,3,5H2,1H3,(H,11,12). The molecule has 0 radical (unpaired) electrons. The van der Waals surface area contributed by atoms with Crippen LogP contribution in [0.5, 0.6) is 0 Å². The van der Waals surface area contributed by atoms with Crippen LogP contribution >= 0.6 is 15.9 Å². The van der Waals surface area contributed by atoms with Gasteiger partial charge in [0.25, 0.3) is 0 Å². The Kier molecular flexibility index (Phi) is 4.31. The third-order valence-corrected chi connectivity index (χ3v) is 2.61. The number of pyridine rings is 1. The molecule has 1 aromatic rings. The maximum absolute atomic E-state index is 9.09. The molecular weight excluding hydrogens is 248 g/mol. The fourth-order valence-corrected chi connectivity index (χ4v) is 1.14. The van der Waals surface area contributed by atoms with Gasteiger partial charge in [-0.1, -0.05) is 0 Å². The second kappa shape index (κ2) is 5.29. The van der Waals surface area contributed by atoms with Crippen LogP contribution in [-0.4, -0.2) is 34.5 Å². The van der Waals surface area contributed by atoms with Crippen LogP contribution < -0.4 is 5.32 Å². The number of aliphatic hydroxyl groups excluding tert-OH is 2. The van der Waals surface area contributed by atoms with Gasteiger partial charge in [-0.15, -0.1) is 0 Å². The van der Waals surface area contributed by atoms with Crippen molar-refractivity contribution >= 4 is 21.7 Å². The minimum absolute atomic E-state index is 0.248. The summed E-state index contributed by atoms with van der Waals surface area (Å²) >= 11 is 3.34. The van der Waals surface area contributed by atoms with E-state index in [-0.39, 0.29) is 6.61 Å². The zero-order chi connectivity index (χ0) is 10.6. The molecule has 1 atom stereocenters. The maximum Gasteiger partial charge on any atom is 0.126 e. The number of halogens is 1. The highest BCUT2D eigenvalue weighted by atomic mass is 79.9. The van der Waals surface area contributed by atoms with E-state index < -0.39 is 6.10 Å². The number of nitrogens with one attached hydrogen (secondary N) is 1. The van der Waals surface area contributed by atoms with E-state index >= 15 is 0 Å². The number of aryl methyl sites for hydroxylation is 1. The summed E-state index contributed by atoms with van der Waals surface area (Å²) in [6, 6.07) is 1.87. The molecule has 0 aliphatic heterocycles. The van der Waals surface area contributed by atoms with Gasteiger partial charge in [0.05, 0.1) is 12.7 Å². The van der Waals surface area contributed by atoms with E-state index in [4.69, 9.17) is 10.2 Å². The molecule has 0 fully saturated rings. The molecule has 0 aliphatic carbocycles.